The minimum absolute atomic E-state index is 0.583. The summed E-state index contributed by atoms with van der Waals surface area (Å²) in [4.78, 5) is 0. The van der Waals surface area contributed by atoms with Crippen molar-refractivity contribution in [3.05, 3.63) is 40.5 Å². The van der Waals surface area contributed by atoms with Crippen molar-refractivity contribution in [2.75, 3.05) is 0 Å². The highest BCUT2D eigenvalue weighted by Crippen LogP contribution is 2.24. The summed E-state index contributed by atoms with van der Waals surface area (Å²) >= 11 is 0. The van der Waals surface area contributed by atoms with Gasteiger partial charge in [-0.05, 0) is 29.2 Å². The largest absolute Gasteiger partial charge is 0.397 e. The minimum Gasteiger partial charge on any atom is -0.397 e. The molecule has 1 aliphatic heterocycles. The Hall–Kier alpha value is -1.79. The number of nitrogens with two attached hydrogens (primary N) is 1. The van der Waals surface area contributed by atoms with Gasteiger partial charge in [-0.25, -0.2) is 0 Å². The second-order valence-electron chi connectivity index (χ2n) is 3.83. The number of rotatable bonds is 2. The summed E-state index contributed by atoms with van der Waals surface area (Å²) in [5, 5.41) is 8.94. The van der Waals surface area contributed by atoms with Crippen LogP contribution < -0.4 is 5.73 Å². The van der Waals surface area contributed by atoms with Gasteiger partial charge in [0.2, 0.25) is 0 Å². The summed E-state index contributed by atoms with van der Waals surface area (Å²) in [5.41, 5.74) is 10.5. The first-order valence-electron chi connectivity index (χ1n) is 5.35. The predicted octanol–water partition coefficient (Wildman–Crippen LogP) is 2.32. The first kappa shape index (κ1) is 10.7. The van der Waals surface area contributed by atoms with E-state index in [1.165, 1.54) is 11.1 Å². The van der Waals surface area contributed by atoms with Gasteiger partial charge in [0.25, 0.3) is 0 Å². The Bertz CT molecular complexity index is 483. The molecule has 1 aromatic rings. The Morgan fingerprint density at radius 1 is 1.44 bits per heavy atom. The highest BCUT2D eigenvalue weighted by atomic mass is 16.5. The Morgan fingerprint density at radius 2 is 2.19 bits per heavy atom. The fraction of sp³-hybridized carbons (Fsp3) is 0.308. The molecule has 2 rings (SSSR count). The summed E-state index contributed by atoms with van der Waals surface area (Å²) in [6.07, 6.45) is 0.663. The van der Waals surface area contributed by atoms with Gasteiger partial charge in [0.1, 0.15) is 0 Å². The Morgan fingerprint density at radius 3 is 2.88 bits per heavy atom. The summed E-state index contributed by atoms with van der Waals surface area (Å²) < 4.78 is 5.34. The molecule has 0 spiro atoms. The van der Waals surface area contributed by atoms with Gasteiger partial charge in [-0.2, -0.15) is 5.26 Å². The molecule has 0 amide bonds. The summed E-state index contributed by atoms with van der Waals surface area (Å²) in [5.74, 6) is 0. The molecule has 1 aliphatic rings. The number of allylic oxidation sites excluding steroid dienone is 1. The predicted molar refractivity (Wildman–Crippen MR) is 61.9 cm³/mol. The van der Waals surface area contributed by atoms with Crippen molar-refractivity contribution in [1.82, 2.24) is 0 Å². The third-order valence-electron chi connectivity index (χ3n) is 2.85. The first-order chi connectivity index (χ1) is 7.76. The van der Waals surface area contributed by atoms with E-state index in [1.807, 2.05) is 25.1 Å². The van der Waals surface area contributed by atoms with Crippen LogP contribution in [0.3, 0.4) is 0 Å². The molecule has 0 aliphatic carbocycles. The third kappa shape index (κ3) is 1.80. The van der Waals surface area contributed by atoms with Crippen molar-refractivity contribution in [2.45, 2.75) is 26.6 Å². The molecule has 0 radical (unpaired) electrons. The van der Waals surface area contributed by atoms with Crippen molar-refractivity contribution in [3.63, 3.8) is 0 Å². The van der Waals surface area contributed by atoms with Gasteiger partial charge >= 0.3 is 0 Å². The molecule has 82 valence electrons. The number of nitriles is 1. The van der Waals surface area contributed by atoms with E-state index in [4.69, 9.17) is 15.7 Å². The molecule has 1 aromatic carbocycles. The molecule has 3 nitrogen and oxygen atoms in total. The lowest BCUT2D eigenvalue weighted by atomic mass is 10.0. The summed E-state index contributed by atoms with van der Waals surface area (Å²) in [6, 6.07) is 8.14. The van der Waals surface area contributed by atoms with E-state index in [-0.39, 0.29) is 0 Å². The number of nitrogens with zero attached hydrogens (tertiary/aromatic N) is 1. The average Bonchev–Trinajstić information content (AvgIpc) is 2.77. The van der Waals surface area contributed by atoms with Crippen LogP contribution in [0.4, 0.5) is 0 Å². The maximum atomic E-state index is 8.94. The van der Waals surface area contributed by atoms with E-state index in [1.54, 1.807) is 0 Å². The summed E-state index contributed by atoms with van der Waals surface area (Å²) in [7, 11) is 0. The van der Waals surface area contributed by atoms with E-state index < -0.39 is 0 Å². The van der Waals surface area contributed by atoms with E-state index in [9.17, 15) is 0 Å². The average molecular weight is 214 g/mol. The number of ether oxygens (including phenoxy) is 1. The van der Waals surface area contributed by atoms with Crippen LogP contribution in [0, 0.1) is 11.3 Å². The van der Waals surface area contributed by atoms with Crippen LogP contribution in [-0.2, 0) is 18.0 Å². The maximum Gasteiger partial charge on any atom is 0.0968 e. The second kappa shape index (κ2) is 4.38. The molecule has 0 saturated heterocycles. The van der Waals surface area contributed by atoms with Gasteiger partial charge in [0.05, 0.1) is 30.6 Å². The van der Waals surface area contributed by atoms with Crippen LogP contribution in [0.2, 0.25) is 0 Å². The minimum atomic E-state index is 0.583. The van der Waals surface area contributed by atoms with Crippen molar-refractivity contribution in [2.24, 2.45) is 5.73 Å². The third-order valence-corrected chi connectivity index (χ3v) is 2.85. The molecule has 16 heavy (non-hydrogen) atoms. The fourth-order valence-electron chi connectivity index (χ4n) is 1.84. The van der Waals surface area contributed by atoms with Crippen molar-refractivity contribution in [3.8, 4) is 6.07 Å². The maximum absolute atomic E-state index is 8.94. The summed E-state index contributed by atoms with van der Waals surface area (Å²) in [6.45, 7) is 3.25. The van der Waals surface area contributed by atoms with E-state index in [0.717, 1.165) is 5.56 Å². The van der Waals surface area contributed by atoms with Crippen LogP contribution >= 0.6 is 0 Å². The second-order valence-corrected chi connectivity index (χ2v) is 3.83. The lowest BCUT2D eigenvalue weighted by molar-refractivity contribution is 0.134. The molecule has 0 unspecified atom stereocenters. The Kier molecular flexibility index (Phi) is 2.93. The molecular formula is C13H14N2O. The van der Waals surface area contributed by atoms with Crippen LogP contribution in [-0.4, -0.2) is 0 Å². The first-order valence-corrected chi connectivity index (χ1v) is 5.35. The van der Waals surface area contributed by atoms with Gasteiger partial charge in [-0.1, -0.05) is 19.1 Å². The van der Waals surface area contributed by atoms with E-state index >= 15 is 0 Å². The normalized spacial score (nSPS) is 15.2. The molecule has 0 bridgehead atoms. The topological polar surface area (TPSA) is 59.0 Å². The molecular weight excluding hydrogens is 200 g/mol. The van der Waals surface area contributed by atoms with E-state index in [2.05, 4.69) is 6.07 Å². The highest BCUT2D eigenvalue weighted by molar-refractivity contribution is 5.69. The quantitative estimate of drug-likeness (QED) is 0.768. The van der Waals surface area contributed by atoms with Gasteiger partial charge in [0.15, 0.2) is 0 Å². The number of fused-ring (bicyclic) bond motifs is 1. The zero-order valence-corrected chi connectivity index (χ0v) is 9.29. The van der Waals surface area contributed by atoms with Crippen LogP contribution in [0.5, 0.6) is 0 Å². The standard InChI is InChI=1S/C13H14N2O/c1-2-9(6-14)13(15)10-3-4-11-7-16-8-12(11)5-10/h3-5H,2,7-8,15H2,1H3/b13-9-. The number of benzene rings is 1. The smallest absolute Gasteiger partial charge is 0.0968 e. The van der Waals surface area contributed by atoms with Gasteiger partial charge in [0, 0.05) is 0 Å². The van der Waals surface area contributed by atoms with Crippen molar-refractivity contribution in [1.29, 1.82) is 5.26 Å². The fourth-order valence-corrected chi connectivity index (χ4v) is 1.84. The molecule has 1 heterocycles. The van der Waals surface area contributed by atoms with Gasteiger partial charge in [-0.3, -0.25) is 0 Å². The van der Waals surface area contributed by atoms with E-state index in [0.29, 0.717) is 30.9 Å². The lowest BCUT2D eigenvalue weighted by Crippen LogP contribution is -2.01. The van der Waals surface area contributed by atoms with Crippen LogP contribution in [0.1, 0.15) is 30.0 Å². The van der Waals surface area contributed by atoms with Gasteiger partial charge < -0.3 is 10.5 Å². The molecule has 0 atom stereocenters. The van der Waals surface area contributed by atoms with Gasteiger partial charge in [-0.15, -0.1) is 0 Å². The highest BCUT2D eigenvalue weighted by Gasteiger charge is 2.13. The lowest BCUT2D eigenvalue weighted by Gasteiger charge is -2.06. The molecule has 0 saturated carbocycles. The van der Waals surface area contributed by atoms with Crippen molar-refractivity contribution < 1.29 is 4.74 Å². The SMILES string of the molecule is CC/C(C#N)=C(/N)c1ccc2c(c1)COC2. The number of hydrogen-bond acceptors (Lipinski definition) is 3. The zero-order valence-electron chi connectivity index (χ0n) is 9.29. The molecule has 0 aromatic heterocycles. The monoisotopic (exact) mass is 214 g/mol. The number of hydrogen-bond donors (Lipinski definition) is 1. The molecule has 3 heteroatoms. The Balaban J connectivity index is 2.43. The molecule has 0 fully saturated rings. The molecule has 2 N–H and O–H groups in total. The van der Waals surface area contributed by atoms with Crippen LogP contribution in [0.25, 0.3) is 5.70 Å². The zero-order chi connectivity index (χ0) is 11.5. The Labute approximate surface area is 95.1 Å². The van der Waals surface area contributed by atoms with Crippen molar-refractivity contribution >= 4 is 5.70 Å². The van der Waals surface area contributed by atoms with Crippen LogP contribution in [0.15, 0.2) is 23.8 Å².